The molecule has 1 saturated heterocycles. The first-order valence-corrected chi connectivity index (χ1v) is 11.6. The molecule has 0 spiro atoms. The lowest BCUT2D eigenvalue weighted by atomic mass is 9.70. The summed E-state index contributed by atoms with van der Waals surface area (Å²) in [6, 6.07) is 2.04. The average molecular weight is 433 g/mol. The molecule has 31 heavy (non-hydrogen) atoms. The molecule has 1 aromatic rings. The summed E-state index contributed by atoms with van der Waals surface area (Å²) in [7, 11) is 5.51. The molecular weight excluding hydrogens is 393 g/mol. The van der Waals surface area contributed by atoms with Crippen molar-refractivity contribution in [3.63, 3.8) is 0 Å². The molecule has 2 heterocycles. The Kier molecular flexibility index (Phi) is 10.1. The van der Waals surface area contributed by atoms with Gasteiger partial charge in [-0.1, -0.05) is 34.1 Å². The van der Waals surface area contributed by atoms with Gasteiger partial charge in [-0.25, -0.2) is 4.98 Å². The molecule has 0 aliphatic carbocycles. The van der Waals surface area contributed by atoms with Crippen LogP contribution in [0.1, 0.15) is 52.5 Å². The van der Waals surface area contributed by atoms with Crippen molar-refractivity contribution in [1.82, 2.24) is 4.98 Å². The largest absolute Gasteiger partial charge is 0.488 e. The van der Waals surface area contributed by atoms with E-state index in [0.29, 0.717) is 48.4 Å². The first kappa shape index (κ1) is 25.5. The standard InChI is InChI=1S/C24H40BNO5/c1-15(2)18(12-20(25)21-13-19(16(3)4)24(27)31-21)10-17-11-22(23(29-6)26-14-17)30-9-7-8-28-5/h11,14-16,18-21H,7-10,12-13,25H2,1-6H3/t18-,19-,20+,21-/m0/s1. The number of pyridine rings is 1. The summed E-state index contributed by atoms with van der Waals surface area (Å²) in [5.41, 5.74) is 1.14. The number of methoxy groups -OCH3 is 2. The van der Waals surface area contributed by atoms with Crippen LogP contribution < -0.4 is 9.47 Å². The predicted octanol–water partition coefficient (Wildman–Crippen LogP) is 3.72. The number of hydrogen-bond acceptors (Lipinski definition) is 6. The quantitative estimate of drug-likeness (QED) is 0.268. The third kappa shape index (κ3) is 7.41. The van der Waals surface area contributed by atoms with E-state index in [-0.39, 0.29) is 18.0 Å². The minimum atomic E-state index is -0.0254. The second-order valence-electron chi connectivity index (χ2n) is 9.53. The molecule has 0 saturated carbocycles. The minimum absolute atomic E-state index is 0.0230. The number of esters is 1. The fourth-order valence-electron chi connectivity index (χ4n) is 4.27. The molecule has 0 aromatic carbocycles. The van der Waals surface area contributed by atoms with E-state index in [2.05, 4.69) is 40.5 Å². The molecule has 4 atom stereocenters. The molecular formula is C24H40BNO5. The summed E-state index contributed by atoms with van der Waals surface area (Å²) in [4.78, 5) is 16.7. The molecule has 0 bridgehead atoms. The zero-order valence-corrected chi connectivity index (χ0v) is 20.3. The number of carbonyl (C=O) groups excluding carboxylic acids is 1. The van der Waals surface area contributed by atoms with E-state index in [1.54, 1.807) is 14.2 Å². The maximum atomic E-state index is 12.2. The van der Waals surface area contributed by atoms with Gasteiger partial charge in [-0.3, -0.25) is 4.79 Å². The molecule has 0 N–H and O–H groups in total. The molecule has 1 aliphatic heterocycles. The Balaban J connectivity index is 2.03. The normalized spacial score (nSPS) is 20.7. The van der Waals surface area contributed by atoms with Crippen LogP contribution >= 0.6 is 0 Å². The number of ether oxygens (including phenoxy) is 4. The zero-order valence-electron chi connectivity index (χ0n) is 20.3. The first-order chi connectivity index (χ1) is 14.8. The van der Waals surface area contributed by atoms with E-state index in [4.69, 9.17) is 18.9 Å². The van der Waals surface area contributed by atoms with Gasteiger partial charge in [-0.15, -0.1) is 0 Å². The molecule has 1 fully saturated rings. The molecule has 6 nitrogen and oxygen atoms in total. The maximum Gasteiger partial charge on any atom is 0.309 e. The third-order valence-electron chi connectivity index (χ3n) is 6.43. The lowest BCUT2D eigenvalue weighted by Crippen LogP contribution is -2.22. The number of carbonyl (C=O) groups is 1. The van der Waals surface area contributed by atoms with Crippen LogP contribution in [0.5, 0.6) is 11.6 Å². The number of cyclic esters (lactones) is 1. The highest BCUT2D eigenvalue weighted by atomic mass is 16.6. The van der Waals surface area contributed by atoms with E-state index in [1.807, 2.05) is 12.3 Å². The van der Waals surface area contributed by atoms with Crippen molar-refractivity contribution in [2.24, 2.45) is 23.7 Å². The lowest BCUT2D eigenvalue weighted by Gasteiger charge is -2.27. The second-order valence-corrected chi connectivity index (χ2v) is 9.53. The number of nitrogens with zero attached hydrogens (tertiary/aromatic N) is 1. The molecule has 2 rings (SSSR count). The Morgan fingerprint density at radius 2 is 1.97 bits per heavy atom. The highest BCUT2D eigenvalue weighted by Gasteiger charge is 2.39. The topological polar surface area (TPSA) is 66.9 Å². The predicted molar refractivity (Wildman–Crippen MR) is 125 cm³/mol. The number of aromatic nitrogens is 1. The van der Waals surface area contributed by atoms with Crippen LogP contribution in [0.15, 0.2) is 12.3 Å². The summed E-state index contributed by atoms with van der Waals surface area (Å²) >= 11 is 0. The summed E-state index contributed by atoms with van der Waals surface area (Å²) in [5.74, 6) is 2.83. The summed E-state index contributed by atoms with van der Waals surface area (Å²) in [6.07, 6.45) is 5.47. The highest BCUT2D eigenvalue weighted by molar-refractivity contribution is 6.12. The van der Waals surface area contributed by atoms with Crippen LogP contribution in [-0.4, -0.2) is 52.3 Å². The van der Waals surface area contributed by atoms with E-state index in [9.17, 15) is 4.79 Å². The van der Waals surface area contributed by atoms with Crippen LogP contribution in [0, 0.1) is 23.7 Å². The number of rotatable bonds is 13. The second kappa shape index (κ2) is 12.3. The molecule has 1 aromatic heterocycles. The smallest absolute Gasteiger partial charge is 0.309 e. The van der Waals surface area contributed by atoms with Gasteiger partial charge < -0.3 is 18.9 Å². The van der Waals surface area contributed by atoms with Crippen molar-refractivity contribution in [3.05, 3.63) is 17.8 Å². The Morgan fingerprint density at radius 3 is 2.55 bits per heavy atom. The Morgan fingerprint density at radius 1 is 1.23 bits per heavy atom. The van der Waals surface area contributed by atoms with Crippen molar-refractivity contribution < 1.29 is 23.7 Å². The van der Waals surface area contributed by atoms with Gasteiger partial charge in [0.05, 0.1) is 25.7 Å². The van der Waals surface area contributed by atoms with Crippen LogP contribution in [0.2, 0.25) is 5.82 Å². The van der Waals surface area contributed by atoms with Gasteiger partial charge in [0.1, 0.15) is 7.85 Å². The average Bonchev–Trinajstić information content (AvgIpc) is 3.13. The maximum absolute atomic E-state index is 12.2. The van der Waals surface area contributed by atoms with E-state index in [1.165, 1.54) is 0 Å². The molecule has 0 amide bonds. The van der Waals surface area contributed by atoms with Gasteiger partial charge in [0.15, 0.2) is 5.75 Å². The van der Waals surface area contributed by atoms with E-state index in [0.717, 1.165) is 31.2 Å². The van der Waals surface area contributed by atoms with Gasteiger partial charge >= 0.3 is 5.97 Å². The van der Waals surface area contributed by atoms with Gasteiger partial charge in [0.25, 0.3) is 5.88 Å². The van der Waals surface area contributed by atoms with Crippen LogP contribution in [0.3, 0.4) is 0 Å². The zero-order chi connectivity index (χ0) is 23.0. The Hall–Kier alpha value is -1.76. The van der Waals surface area contributed by atoms with Crippen molar-refractivity contribution >= 4 is 13.8 Å². The van der Waals surface area contributed by atoms with Gasteiger partial charge in [-0.2, -0.15) is 0 Å². The number of hydrogen-bond donors (Lipinski definition) is 0. The van der Waals surface area contributed by atoms with Crippen molar-refractivity contribution in [1.29, 1.82) is 0 Å². The summed E-state index contributed by atoms with van der Waals surface area (Å²) < 4.78 is 22.1. The van der Waals surface area contributed by atoms with Crippen LogP contribution in [-0.2, 0) is 20.7 Å². The van der Waals surface area contributed by atoms with Gasteiger partial charge in [-0.05, 0) is 48.0 Å². The summed E-state index contributed by atoms with van der Waals surface area (Å²) in [5, 5.41) is 0. The molecule has 1 aliphatic rings. The summed E-state index contributed by atoms with van der Waals surface area (Å²) in [6.45, 7) is 9.93. The highest BCUT2D eigenvalue weighted by Crippen LogP contribution is 2.37. The van der Waals surface area contributed by atoms with Gasteiger partial charge in [0, 0.05) is 26.3 Å². The van der Waals surface area contributed by atoms with Crippen molar-refractivity contribution in [2.75, 3.05) is 27.4 Å². The van der Waals surface area contributed by atoms with Crippen molar-refractivity contribution in [3.8, 4) is 11.6 Å². The third-order valence-corrected chi connectivity index (χ3v) is 6.43. The van der Waals surface area contributed by atoms with E-state index >= 15 is 0 Å². The fourth-order valence-corrected chi connectivity index (χ4v) is 4.27. The molecule has 7 heteroatoms. The Bertz CT molecular complexity index is 697. The Labute approximate surface area is 188 Å². The van der Waals surface area contributed by atoms with E-state index < -0.39 is 0 Å². The molecule has 0 radical (unpaired) electrons. The van der Waals surface area contributed by atoms with Gasteiger partial charge in [0.2, 0.25) is 0 Å². The van der Waals surface area contributed by atoms with Crippen LogP contribution in [0.4, 0.5) is 0 Å². The first-order valence-electron chi connectivity index (χ1n) is 11.6. The van der Waals surface area contributed by atoms with Crippen molar-refractivity contribution in [2.45, 2.75) is 65.3 Å². The monoisotopic (exact) mass is 433 g/mol. The minimum Gasteiger partial charge on any atom is -0.488 e. The molecule has 0 unspecified atom stereocenters. The fraction of sp³-hybridized carbons (Fsp3) is 0.750. The lowest BCUT2D eigenvalue weighted by molar-refractivity contribution is -0.145. The van der Waals surface area contributed by atoms with Crippen LogP contribution in [0.25, 0.3) is 0 Å². The molecule has 174 valence electrons. The SMILES string of the molecule is B[C@H](C[C@H](Cc1cnc(OC)c(OCCCOC)c1)C(C)C)[C@@H]1C[C@@H](C(C)C)C(=O)O1.